The average molecular weight is 414 g/mol. The molecule has 2 aromatic carbocycles. The largest absolute Gasteiger partial charge is 0.463 e. The Morgan fingerprint density at radius 2 is 1.90 bits per heavy atom. The van der Waals surface area contributed by atoms with Gasteiger partial charge in [0.15, 0.2) is 12.4 Å². The van der Waals surface area contributed by atoms with Crippen LogP contribution in [0, 0.1) is 6.92 Å². The molecule has 0 aliphatic heterocycles. The molecule has 6 nitrogen and oxygen atoms in total. The van der Waals surface area contributed by atoms with Crippen LogP contribution >= 0.6 is 0 Å². The van der Waals surface area contributed by atoms with Gasteiger partial charge in [0.1, 0.15) is 5.69 Å². The topological polar surface area (TPSA) is 81.4 Å². The molecule has 4 aromatic rings. The number of hydrogen-bond acceptors (Lipinski definition) is 5. The number of hydrogen-bond donors (Lipinski definition) is 1. The van der Waals surface area contributed by atoms with Crippen molar-refractivity contribution >= 4 is 28.5 Å². The molecule has 1 N–H and O–H groups in total. The van der Waals surface area contributed by atoms with Crippen LogP contribution < -0.4 is 5.32 Å². The number of aryl methyl sites for hydroxylation is 2. The molecule has 0 bridgehead atoms. The summed E-state index contributed by atoms with van der Waals surface area (Å²) in [6, 6.07) is 18.3. The normalized spacial score (nSPS) is 10.8. The Hall–Kier alpha value is -3.93. The van der Waals surface area contributed by atoms with Gasteiger partial charge in [-0.05, 0) is 48.7 Å². The number of furan rings is 1. The Morgan fingerprint density at radius 3 is 2.68 bits per heavy atom. The number of anilines is 1. The molecule has 6 heteroatoms. The molecular weight excluding hydrogens is 392 g/mol. The van der Waals surface area contributed by atoms with Crippen LogP contribution in [0.4, 0.5) is 5.69 Å². The van der Waals surface area contributed by atoms with E-state index in [-0.39, 0.29) is 12.5 Å². The van der Waals surface area contributed by atoms with E-state index in [0.717, 1.165) is 23.2 Å². The molecule has 1 amide bonds. The maximum atomic E-state index is 12.9. The van der Waals surface area contributed by atoms with Gasteiger partial charge in [0.05, 0.1) is 17.3 Å². The third-order valence-corrected chi connectivity index (χ3v) is 5.05. The van der Waals surface area contributed by atoms with Crippen LogP contribution in [0.5, 0.6) is 0 Å². The van der Waals surface area contributed by atoms with Crippen molar-refractivity contribution in [2.45, 2.75) is 20.3 Å². The molecule has 156 valence electrons. The maximum Gasteiger partial charge on any atom is 0.339 e. The van der Waals surface area contributed by atoms with Crippen molar-refractivity contribution in [2.24, 2.45) is 0 Å². The fourth-order valence-corrected chi connectivity index (χ4v) is 3.48. The molecule has 0 spiro atoms. The second-order valence-corrected chi connectivity index (χ2v) is 7.14. The van der Waals surface area contributed by atoms with Crippen molar-refractivity contribution in [3.05, 3.63) is 83.6 Å². The first-order chi connectivity index (χ1) is 15.1. The number of pyridine rings is 1. The van der Waals surface area contributed by atoms with Gasteiger partial charge >= 0.3 is 5.97 Å². The first-order valence-electron chi connectivity index (χ1n) is 10.1. The van der Waals surface area contributed by atoms with Crippen LogP contribution in [-0.2, 0) is 16.0 Å². The second-order valence-electron chi connectivity index (χ2n) is 7.14. The quantitative estimate of drug-likeness (QED) is 0.441. The van der Waals surface area contributed by atoms with E-state index in [0.29, 0.717) is 27.9 Å². The standard InChI is InChI=1S/C25H22N2O4/c1-3-17-9-6-8-16(2)24(17)27-23(28)15-31-25(29)19-14-21(22-12-7-13-30-22)26-20-11-5-4-10-18(19)20/h4-14H,3,15H2,1-2H3,(H,27,28). The minimum Gasteiger partial charge on any atom is -0.463 e. The second kappa shape index (κ2) is 8.83. The van der Waals surface area contributed by atoms with Crippen molar-refractivity contribution < 1.29 is 18.7 Å². The number of nitrogens with one attached hydrogen (secondary N) is 1. The number of benzene rings is 2. The highest BCUT2D eigenvalue weighted by molar-refractivity contribution is 6.05. The molecule has 4 rings (SSSR count). The van der Waals surface area contributed by atoms with Crippen molar-refractivity contribution in [3.8, 4) is 11.5 Å². The smallest absolute Gasteiger partial charge is 0.339 e. The Balaban J connectivity index is 1.54. The zero-order valence-electron chi connectivity index (χ0n) is 17.3. The van der Waals surface area contributed by atoms with Crippen molar-refractivity contribution in [1.82, 2.24) is 4.98 Å². The molecule has 0 saturated carbocycles. The maximum absolute atomic E-state index is 12.9. The van der Waals surface area contributed by atoms with Gasteiger partial charge in [-0.2, -0.15) is 0 Å². The predicted octanol–water partition coefficient (Wildman–Crippen LogP) is 5.16. The van der Waals surface area contributed by atoms with Crippen molar-refractivity contribution in [3.63, 3.8) is 0 Å². The Morgan fingerprint density at radius 1 is 1.06 bits per heavy atom. The van der Waals surface area contributed by atoms with E-state index in [4.69, 9.17) is 9.15 Å². The minimum atomic E-state index is -0.595. The van der Waals surface area contributed by atoms with Gasteiger partial charge in [-0.1, -0.05) is 43.3 Å². The van der Waals surface area contributed by atoms with Crippen LogP contribution in [0.1, 0.15) is 28.4 Å². The van der Waals surface area contributed by atoms with E-state index in [1.807, 2.05) is 50.2 Å². The van der Waals surface area contributed by atoms with E-state index in [2.05, 4.69) is 10.3 Å². The zero-order valence-corrected chi connectivity index (χ0v) is 17.3. The highest BCUT2D eigenvalue weighted by atomic mass is 16.5. The van der Waals surface area contributed by atoms with Gasteiger partial charge < -0.3 is 14.5 Å². The highest BCUT2D eigenvalue weighted by Crippen LogP contribution is 2.26. The number of carbonyl (C=O) groups excluding carboxylic acids is 2. The number of rotatable bonds is 6. The molecule has 0 aliphatic carbocycles. The van der Waals surface area contributed by atoms with E-state index >= 15 is 0 Å². The van der Waals surface area contributed by atoms with E-state index in [1.54, 1.807) is 30.5 Å². The summed E-state index contributed by atoms with van der Waals surface area (Å²) >= 11 is 0. The molecule has 0 radical (unpaired) electrons. The summed E-state index contributed by atoms with van der Waals surface area (Å²) in [6.45, 7) is 3.57. The summed E-state index contributed by atoms with van der Waals surface area (Å²) in [4.78, 5) is 29.9. The zero-order chi connectivity index (χ0) is 21.8. The molecule has 0 unspecified atom stereocenters. The summed E-state index contributed by atoms with van der Waals surface area (Å²) in [7, 11) is 0. The lowest BCUT2D eigenvalue weighted by molar-refractivity contribution is -0.119. The fourth-order valence-electron chi connectivity index (χ4n) is 3.48. The van der Waals surface area contributed by atoms with Crippen LogP contribution in [0.3, 0.4) is 0 Å². The van der Waals surface area contributed by atoms with Crippen LogP contribution in [0.25, 0.3) is 22.4 Å². The van der Waals surface area contributed by atoms with Crippen molar-refractivity contribution in [1.29, 1.82) is 0 Å². The fraction of sp³-hybridized carbons (Fsp3) is 0.160. The van der Waals surface area contributed by atoms with Crippen LogP contribution in [0.2, 0.25) is 0 Å². The van der Waals surface area contributed by atoms with Gasteiger partial charge in [-0.15, -0.1) is 0 Å². The summed E-state index contributed by atoms with van der Waals surface area (Å²) in [5, 5.41) is 3.51. The number of esters is 1. The van der Waals surface area contributed by atoms with E-state index in [1.165, 1.54) is 0 Å². The molecule has 31 heavy (non-hydrogen) atoms. The highest BCUT2D eigenvalue weighted by Gasteiger charge is 2.18. The van der Waals surface area contributed by atoms with Gasteiger partial charge in [-0.25, -0.2) is 9.78 Å². The number of amides is 1. The predicted molar refractivity (Wildman–Crippen MR) is 119 cm³/mol. The number of fused-ring (bicyclic) bond motifs is 1. The molecular formula is C25H22N2O4. The van der Waals surface area contributed by atoms with E-state index < -0.39 is 5.97 Å². The average Bonchev–Trinajstić information content (AvgIpc) is 3.33. The Labute approximate surface area is 179 Å². The SMILES string of the molecule is CCc1cccc(C)c1NC(=O)COC(=O)c1cc(-c2ccco2)nc2ccccc12. The van der Waals surface area contributed by atoms with Crippen LogP contribution in [0.15, 0.2) is 71.3 Å². The Bertz CT molecular complexity index is 1250. The van der Waals surface area contributed by atoms with Crippen LogP contribution in [-0.4, -0.2) is 23.5 Å². The lowest BCUT2D eigenvalue weighted by atomic mass is 10.1. The van der Waals surface area contributed by atoms with Gasteiger partial charge in [0, 0.05) is 11.1 Å². The molecule has 0 fully saturated rings. The first-order valence-corrected chi connectivity index (χ1v) is 10.1. The van der Waals surface area contributed by atoms with Crippen molar-refractivity contribution in [2.75, 3.05) is 11.9 Å². The molecule has 2 aromatic heterocycles. The molecule has 0 aliphatic rings. The summed E-state index contributed by atoms with van der Waals surface area (Å²) < 4.78 is 10.8. The molecule has 0 saturated heterocycles. The summed E-state index contributed by atoms with van der Waals surface area (Å²) in [5.74, 6) is -0.437. The Kier molecular flexibility index (Phi) is 5.80. The lowest BCUT2D eigenvalue weighted by Gasteiger charge is -2.13. The number of carbonyl (C=O) groups is 2. The summed E-state index contributed by atoms with van der Waals surface area (Å²) in [6.07, 6.45) is 2.33. The minimum absolute atomic E-state index is 0.329. The third kappa shape index (κ3) is 4.33. The van der Waals surface area contributed by atoms with Gasteiger partial charge in [0.25, 0.3) is 5.91 Å². The first kappa shape index (κ1) is 20.3. The number of nitrogens with zero attached hydrogens (tertiary/aromatic N) is 1. The number of para-hydroxylation sites is 2. The lowest BCUT2D eigenvalue weighted by Crippen LogP contribution is -2.22. The van der Waals surface area contributed by atoms with Gasteiger partial charge in [0.2, 0.25) is 0 Å². The van der Waals surface area contributed by atoms with E-state index in [9.17, 15) is 9.59 Å². The van der Waals surface area contributed by atoms with Gasteiger partial charge in [-0.3, -0.25) is 4.79 Å². The molecule has 2 heterocycles. The number of ether oxygens (including phenoxy) is 1. The molecule has 0 atom stereocenters. The number of aromatic nitrogens is 1. The summed E-state index contributed by atoms with van der Waals surface area (Å²) in [5.41, 5.74) is 4.24. The third-order valence-electron chi connectivity index (χ3n) is 5.05. The monoisotopic (exact) mass is 414 g/mol.